The van der Waals surface area contributed by atoms with Crippen molar-refractivity contribution in [3.63, 3.8) is 0 Å². The molecule has 2 aromatic carbocycles. The van der Waals surface area contributed by atoms with Crippen LogP contribution in [0.1, 0.15) is 28.3 Å². The summed E-state index contributed by atoms with van der Waals surface area (Å²) in [7, 11) is 3.13. The smallest absolute Gasteiger partial charge is 0.259 e. The Labute approximate surface area is 196 Å². The summed E-state index contributed by atoms with van der Waals surface area (Å²) in [5.41, 5.74) is 8.38. The lowest BCUT2D eigenvalue weighted by molar-refractivity contribution is 0.354. The maximum atomic E-state index is 13.8. The molecule has 3 aromatic rings. The summed E-state index contributed by atoms with van der Waals surface area (Å²) < 4.78 is 18.0. The van der Waals surface area contributed by atoms with Gasteiger partial charge in [0.05, 0.1) is 32.2 Å². The molecule has 2 N–H and O–H groups in total. The van der Waals surface area contributed by atoms with Crippen LogP contribution in [0.2, 0.25) is 5.02 Å². The van der Waals surface area contributed by atoms with Gasteiger partial charge in [0.15, 0.2) is 11.5 Å². The molecule has 1 aliphatic heterocycles. The quantitative estimate of drug-likeness (QED) is 0.611. The van der Waals surface area contributed by atoms with Crippen LogP contribution in [0, 0.1) is 18.3 Å². The molecule has 1 aromatic heterocycles. The van der Waals surface area contributed by atoms with Gasteiger partial charge >= 0.3 is 0 Å². The highest BCUT2D eigenvalue weighted by molar-refractivity contribution is 6.31. The second kappa shape index (κ2) is 8.93. The predicted octanol–water partition coefficient (Wildman–Crippen LogP) is 4.09. The fourth-order valence-electron chi connectivity index (χ4n) is 4.06. The van der Waals surface area contributed by atoms with Gasteiger partial charge in [-0.15, -0.1) is 0 Å². The molecular formula is C25H22ClN3O4. The van der Waals surface area contributed by atoms with Crippen molar-refractivity contribution in [3.05, 3.63) is 97.7 Å². The molecule has 2 heterocycles. The van der Waals surface area contributed by atoms with Crippen molar-refractivity contribution in [2.24, 2.45) is 5.73 Å². The third-order valence-electron chi connectivity index (χ3n) is 5.69. The van der Waals surface area contributed by atoms with Crippen LogP contribution in [0.5, 0.6) is 17.2 Å². The Morgan fingerprint density at radius 3 is 2.55 bits per heavy atom. The molecule has 0 aliphatic carbocycles. The third-order valence-corrected chi connectivity index (χ3v) is 6.04. The van der Waals surface area contributed by atoms with E-state index in [1.807, 2.05) is 19.1 Å². The van der Waals surface area contributed by atoms with Gasteiger partial charge in [-0.3, -0.25) is 4.79 Å². The lowest BCUT2D eigenvalue weighted by Crippen LogP contribution is -2.33. The zero-order valence-electron chi connectivity index (χ0n) is 18.4. The van der Waals surface area contributed by atoms with Crippen molar-refractivity contribution >= 4 is 11.6 Å². The molecule has 0 fully saturated rings. The number of nitriles is 1. The monoisotopic (exact) mass is 463 g/mol. The maximum absolute atomic E-state index is 13.8. The van der Waals surface area contributed by atoms with Crippen LogP contribution < -0.4 is 25.5 Å². The first-order valence-corrected chi connectivity index (χ1v) is 10.5. The number of aryl methyl sites for hydroxylation is 1. The number of allylic oxidation sites excluding steroid dienone is 1. The number of aromatic nitrogens is 1. The molecular weight excluding hydrogens is 442 g/mol. The van der Waals surface area contributed by atoms with E-state index in [1.54, 1.807) is 55.2 Å². The minimum absolute atomic E-state index is 0.0358. The summed E-state index contributed by atoms with van der Waals surface area (Å²) in [6.07, 6.45) is 0. The SMILES string of the molecule is COc1ccc(Cn2c(C)cc3c(c2=O)[C@@H](c2ccccc2Cl)C(C#N)=C(N)O3)cc1OC. The molecule has 0 radical (unpaired) electrons. The predicted molar refractivity (Wildman–Crippen MR) is 125 cm³/mol. The molecule has 0 saturated heterocycles. The zero-order chi connectivity index (χ0) is 23.7. The van der Waals surface area contributed by atoms with Crippen molar-refractivity contribution < 1.29 is 14.2 Å². The van der Waals surface area contributed by atoms with E-state index >= 15 is 0 Å². The maximum Gasteiger partial charge on any atom is 0.259 e. The van der Waals surface area contributed by atoms with Gasteiger partial charge < -0.3 is 24.5 Å². The fraction of sp³-hybridized carbons (Fsp3) is 0.200. The molecule has 168 valence electrons. The first-order chi connectivity index (χ1) is 15.9. The molecule has 1 aliphatic rings. The Morgan fingerprint density at radius 1 is 1.15 bits per heavy atom. The van der Waals surface area contributed by atoms with E-state index in [-0.39, 0.29) is 23.6 Å². The van der Waals surface area contributed by atoms with E-state index in [0.29, 0.717) is 39.1 Å². The second-order valence-electron chi connectivity index (χ2n) is 7.59. The van der Waals surface area contributed by atoms with Crippen molar-refractivity contribution in [2.45, 2.75) is 19.4 Å². The van der Waals surface area contributed by atoms with Crippen LogP contribution in [-0.2, 0) is 6.54 Å². The average Bonchev–Trinajstić information content (AvgIpc) is 2.81. The lowest BCUT2D eigenvalue weighted by atomic mass is 9.84. The topological polar surface area (TPSA) is 99.5 Å². The van der Waals surface area contributed by atoms with Gasteiger partial charge in [-0.1, -0.05) is 35.9 Å². The van der Waals surface area contributed by atoms with E-state index in [0.717, 1.165) is 5.56 Å². The summed E-state index contributed by atoms with van der Waals surface area (Å²) in [6, 6.07) is 16.4. The summed E-state index contributed by atoms with van der Waals surface area (Å²) in [4.78, 5) is 13.8. The number of nitrogens with zero attached hydrogens (tertiary/aromatic N) is 2. The van der Waals surface area contributed by atoms with Crippen molar-refractivity contribution in [2.75, 3.05) is 14.2 Å². The Bertz CT molecular complexity index is 1370. The Hall–Kier alpha value is -3.89. The van der Waals surface area contributed by atoms with Crippen LogP contribution in [0.15, 0.2) is 64.8 Å². The van der Waals surface area contributed by atoms with E-state index in [9.17, 15) is 10.1 Å². The van der Waals surface area contributed by atoms with Crippen molar-refractivity contribution in [1.82, 2.24) is 4.57 Å². The summed E-state index contributed by atoms with van der Waals surface area (Å²) in [5, 5.41) is 10.3. The summed E-state index contributed by atoms with van der Waals surface area (Å²) >= 11 is 6.46. The van der Waals surface area contributed by atoms with E-state index < -0.39 is 5.92 Å². The van der Waals surface area contributed by atoms with Gasteiger partial charge in [-0.05, 0) is 36.2 Å². The molecule has 4 rings (SSSR count). The number of hydrogen-bond acceptors (Lipinski definition) is 6. The molecule has 0 saturated carbocycles. The standard InChI is InChI=1S/C25H22ClN3O4/c1-14-10-21-23(22(17(12-27)24(28)33-21)16-6-4-5-7-18(16)26)25(30)29(14)13-15-8-9-19(31-2)20(11-15)32-3/h4-11,22H,13,28H2,1-3H3/t22-/m0/s1. The van der Waals surface area contributed by atoms with Crippen LogP contribution in [0.4, 0.5) is 0 Å². The minimum Gasteiger partial charge on any atom is -0.493 e. The Balaban J connectivity index is 1.89. The number of nitrogens with two attached hydrogens (primary N) is 1. The average molecular weight is 464 g/mol. The van der Waals surface area contributed by atoms with Crippen LogP contribution in [0.3, 0.4) is 0 Å². The molecule has 0 unspecified atom stereocenters. The molecule has 0 bridgehead atoms. The molecule has 0 spiro atoms. The highest BCUT2D eigenvalue weighted by atomic mass is 35.5. The van der Waals surface area contributed by atoms with E-state index in [4.69, 9.17) is 31.5 Å². The van der Waals surface area contributed by atoms with Gasteiger partial charge in [0.2, 0.25) is 5.88 Å². The largest absolute Gasteiger partial charge is 0.493 e. The van der Waals surface area contributed by atoms with Crippen LogP contribution >= 0.6 is 11.6 Å². The Kier molecular flexibility index (Phi) is 6.03. The molecule has 33 heavy (non-hydrogen) atoms. The van der Waals surface area contributed by atoms with Gasteiger partial charge in [0.1, 0.15) is 17.4 Å². The molecule has 1 atom stereocenters. The number of rotatable bonds is 5. The van der Waals surface area contributed by atoms with Gasteiger partial charge in [0, 0.05) is 16.8 Å². The lowest BCUT2D eigenvalue weighted by Gasteiger charge is -2.28. The van der Waals surface area contributed by atoms with Gasteiger partial charge in [0.25, 0.3) is 5.56 Å². The Morgan fingerprint density at radius 2 is 1.88 bits per heavy atom. The second-order valence-corrected chi connectivity index (χ2v) is 8.00. The van der Waals surface area contributed by atoms with Crippen LogP contribution in [-0.4, -0.2) is 18.8 Å². The first-order valence-electron chi connectivity index (χ1n) is 10.2. The van der Waals surface area contributed by atoms with Crippen LogP contribution in [0.25, 0.3) is 0 Å². The zero-order valence-corrected chi connectivity index (χ0v) is 19.1. The molecule has 8 heteroatoms. The van der Waals surface area contributed by atoms with Crippen molar-refractivity contribution in [1.29, 1.82) is 5.26 Å². The highest BCUT2D eigenvalue weighted by Gasteiger charge is 2.35. The van der Waals surface area contributed by atoms with E-state index in [2.05, 4.69) is 6.07 Å². The number of halogens is 1. The normalized spacial score (nSPS) is 14.8. The number of methoxy groups -OCH3 is 2. The number of hydrogen-bond donors (Lipinski definition) is 1. The number of ether oxygens (including phenoxy) is 3. The third kappa shape index (κ3) is 3.90. The number of pyridine rings is 1. The molecule has 7 nitrogen and oxygen atoms in total. The highest BCUT2D eigenvalue weighted by Crippen LogP contribution is 2.42. The molecule has 0 amide bonds. The van der Waals surface area contributed by atoms with Gasteiger partial charge in [-0.2, -0.15) is 5.26 Å². The summed E-state index contributed by atoms with van der Waals surface area (Å²) in [6.45, 7) is 2.10. The summed E-state index contributed by atoms with van der Waals surface area (Å²) in [5.74, 6) is 0.715. The number of benzene rings is 2. The minimum atomic E-state index is -0.739. The number of fused-ring (bicyclic) bond motifs is 1. The fourth-order valence-corrected chi connectivity index (χ4v) is 4.31. The van der Waals surface area contributed by atoms with E-state index in [1.165, 1.54) is 0 Å². The van der Waals surface area contributed by atoms with Gasteiger partial charge in [-0.25, -0.2) is 0 Å². The first kappa shape index (κ1) is 22.3. The van der Waals surface area contributed by atoms with Crippen molar-refractivity contribution in [3.8, 4) is 23.3 Å².